The Hall–Kier alpha value is -3.53. The number of methoxy groups -OCH3 is 1. The predicted octanol–water partition coefficient (Wildman–Crippen LogP) is 4.93. The lowest BCUT2D eigenvalue weighted by atomic mass is 9.94. The maximum atomic E-state index is 6.34. The van der Waals surface area contributed by atoms with E-state index in [2.05, 4.69) is 40.5 Å². The molecule has 0 saturated carbocycles. The van der Waals surface area contributed by atoms with Gasteiger partial charge in [-0.15, -0.1) is 0 Å². The molecule has 0 atom stereocenters. The lowest BCUT2D eigenvalue weighted by Gasteiger charge is -2.14. The second kappa shape index (κ2) is 7.38. The van der Waals surface area contributed by atoms with Crippen molar-refractivity contribution in [1.29, 1.82) is 0 Å². The molecule has 0 fully saturated rings. The van der Waals surface area contributed by atoms with E-state index in [1.165, 1.54) is 0 Å². The minimum absolute atomic E-state index is 0.667. The number of nitrogen functional groups attached to an aromatic ring is 1. The van der Waals surface area contributed by atoms with Crippen molar-refractivity contribution in [3.8, 4) is 28.1 Å². The lowest BCUT2D eigenvalue weighted by Crippen LogP contribution is -2.00. The summed E-state index contributed by atoms with van der Waals surface area (Å²) in [5, 5.41) is 7.61. The van der Waals surface area contributed by atoms with Crippen LogP contribution in [0.15, 0.2) is 78.9 Å². The number of hydrogen-bond acceptors (Lipinski definition) is 3. The molecule has 134 valence electrons. The standard InChI is InChI=1S/C23H21N3O/c1-27-23-13-6-5-10-19(23)18-11-7-12-21(24)20(18)14-17-15-22(26-25-17)16-8-3-2-4-9-16/h2-13,15H,14,24H2,1H3,(H,25,26). The largest absolute Gasteiger partial charge is 0.496 e. The van der Waals surface area contributed by atoms with Crippen LogP contribution in [0.25, 0.3) is 22.4 Å². The summed E-state index contributed by atoms with van der Waals surface area (Å²) in [6.45, 7) is 0. The van der Waals surface area contributed by atoms with Gasteiger partial charge in [-0.3, -0.25) is 5.10 Å². The Morgan fingerprint density at radius 3 is 2.44 bits per heavy atom. The van der Waals surface area contributed by atoms with Crippen molar-refractivity contribution in [3.63, 3.8) is 0 Å². The molecule has 4 rings (SSSR count). The minimum atomic E-state index is 0.667. The summed E-state index contributed by atoms with van der Waals surface area (Å²) in [5.74, 6) is 0.832. The molecule has 4 aromatic rings. The highest BCUT2D eigenvalue weighted by Gasteiger charge is 2.14. The average Bonchev–Trinajstić information content (AvgIpc) is 3.19. The van der Waals surface area contributed by atoms with E-state index in [0.29, 0.717) is 6.42 Å². The molecule has 27 heavy (non-hydrogen) atoms. The molecule has 1 aromatic heterocycles. The Kier molecular flexibility index (Phi) is 4.62. The third-order valence-corrected chi connectivity index (χ3v) is 4.68. The number of rotatable bonds is 5. The summed E-state index contributed by atoms with van der Waals surface area (Å²) < 4.78 is 5.55. The number of ether oxygens (including phenoxy) is 1. The van der Waals surface area contributed by atoms with Gasteiger partial charge in [-0.25, -0.2) is 0 Å². The van der Waals surface area contributed by atoms with Gasteiger partial charge in [0.1, 0.15) is 5.75 Å². The van der Waals surface area contributed by atoms with Gasteiger partial charge in [0.05, 0.1) is 12.8 Å². The number of H-pyrrole nitrogens is 1. The van der Waals surface area contributed by atoms with Crippen LogP contribution in [0, 0.1) is 0 Å². The van der Waals surface area contributed by atoms with E-state index < -0.39 is 0 Å². The smallest absolute Gasteiger partial charge is 0.126 e. The topological polar surface area (TPSA) is 63.9 Å². The van der Waals surface area contributed by atoms with E-state index in [4.69, 9.17) is 10.5 Å². The lowest BCUT2D eigenvalue weighted by molar-refractivity contribution is 0.416. The molecule has 0 unspecified atom stereocenters. The van der Waals surface area contributed by atoms with Crippen molar-refractivity contribution in [2.75, 3.05) is 12.8 Å². The van der Waals surface area contributed by atoms with Crippen molar-refractivity contribution < 1.29 is 4.74 Å². The van der Waals surface area contributed by atoms with Crippen LogP contribution in [0.5, 0.6) is 5.75 Å². The molecule has 0 aliphatic carbocycles. The Morgan fingerprint density at radius 1 is 0.889 bits per heavy atom. The first-order chi connectivity index (χ1) is 13.3. The molecule has 0 amide bonds. The van der Waals surface area contributed by atoms with Crippen LogP contribution >= 0.6 is 0 Å². The number of benzene rings is 3. The number of nitrogens with zero attached hydrogens (tertiary/aromatic N) is 1. The molecule has 0 saturated heterocycles. The van der Waals surface area contributed by atoms with Crippen molar-refractivity contribution in [2.24, 2.45) is 0 Å². The number of nitrogens with two attached hydrogens (primary N) is 1. The van der Waals surface area contributed by atoms with Crippen molar-refractivity contribution in [1.82, 2.24) is 10.2 Å². The second-order valence-electron chi connectivity index (χ2n) is 6.39. The Labute approximate surface area is 158 Å². The number of aromatic amines is 1. The van der Waals surface area contributed by atoms with E-state index in [1.54, 1.807) is 7.11 Å². The maximum absolute atomic E-state index is 6.34. The van der Waals surface area contributed by atoms with E-state index in [0.717, 1.165) is 45.1 Å². The third kappa shape index (κ3) is 3.42. The van der Waals surface area contributed by atoms with Gasteiger partial charge >= 0.3 is 0 Å². The maximum Gasteiger partial charge on any atom is 0.126 e. The van der Waals surface area contributed by atoms with Gasteiger partial charge in [0, 0.05) is 28.9 Å². The van der Waals surface area contributed by atoms with Gasteiger partial charge in [-0.1, -0.05) is 60.7 Å². The summed E-state index contributed by atoms with van der Waals surface area (Å²) in [6.07, 6.45) is 0.667. The van der Waals surface area contributed by atoms with Gasteiger partial charge in [0.2, 0.25) is 0 Å². The van der Waals surface area contributed by atoms with Crippen molar-refractivity contribution in [2.45, 2.75) is 6.42 Å². The van der Waals surface area contributed by atoms with Gasteiger partial charge in [0.25, 0.3) is 0 Å². The zero-order chi connectivity index (χ0) is 18.6. The summed E-state index contributed by atoms with van der Waals surface area (Å²) in [5.41, 5.74) is 13.3. The van der Waals surface area contributed by atoms with E-state index in [1.807, 2.05) is 48.5 Å². The fraction of sp³-hybridized carbons (Fsp3) is 0.0870. The fourth-order valence-electron chi connectivity index (χ4n) is 3.32. The SMILES string of the molecule is COc1ccccc1-c1cccc(N)c1Cc1cc(-c2ccccc2)n[nH]1. The zero-order valence-electron chi connectivity index (χ0n) is 15.1. The highest BCUT2D eigenvalue weighted by molar-refractivity contribution is 5.78. The Morgan fingerprint density at radius 2 is 1.63 bits per heavy atom. The molecule has 0 spiro atoms. The molecule has 4 heteroatoms. The van der Waals surface area contributed by atoms with Gasteiger partial charge < -0.3 is 10.5 Å². The first-order valence-corrected chi connectivity index (χ1v) is 8.86. The van der Waals surface area contributed by atoms with E-state index >= 15 is 0 Å². The summed E-state index contributed by atoms with van der Waals surface area (Å²) in [7, 11) is 1.69. The molecule has 3 aromatic carbocycles. The van der Waals surface area contributed by atoms with Crippen molar-refractivity contribution >= 4 is 5.69 Å². The number of anilines is 1. The first-order valence-electron chi connectivity index (χ1n) is 8.86. The third-order valence-electron chi connectivity index (χ3n) is 4.68. The molecular formula is C23H21N3O. The molecule has 0 bridgehead atoms. The van der Waals surface area contributed by atoms with Crippen LogP contribution in [0.4, 0.5) is 5.69 Å². The molecule has 0 radical (unpaired) electrons. The highest BCUT2D eigenvalue weighted by Crippen LogP contribution is 2.35. The van der Waals surface area contributed by atoms with Crippen LogP contribution in [-0.4, -0.2) is 17.3 Å². The molecule has 4 nitrogen and oxygen atoms in total. The number of hydrogen-bond donors (Lipinski definition) is 2. The molecular weight excluding hydrogens is 334 g/mol. The summed E-state index contributed by atoms with van der Waals surface area (Å²) in [4.78, 5) is 0. The van der Waals surface area contributed by atoms with Gasteiger partial charge in [-0.2, -0.15) is 5.10 Å². The Bertz CT molecular complexity index is 1050. The minimum Gasteiger partial charge on any atom is -0.496 e. The predicted molar refractivity (Wildman–Crippen MR) is 110 cm³/mol. The molecule has 0 aliphatic heterocycles. The number of nitrogens with one attached hydrogen (secondary N) is 1. The van der Waals surface area contributed by atoms with Gasteiger partial charge in [0.15, 0.2) is 0 Å². The van der Waals surface area contributed by atoms with E-state index in [-0.39, 0.29) is 0 Å². The van der Waals surface area contributed by atoms with Gasteiger partial charge in [-0.05, 0) is 29.3 Å². The summed E-state index contributed by atoms with van der Waals surface area (Å²) in [6, 6.07) is 26.2. The molecule has 3 N–H and O–H groups in total. The highest BCUT2D eigenvalue weighted by atomic mass is 16.5. The van der Waals surface area contributed by atoms with Crippen LogP contribution in [0.2, 0.25) is 0 Å². The van der Waals surface area contributed by atoms with Crippen LogP contribution in [0.1, 0.15) is 11.3 Å². The molecule has 1 heterocycles. The zero-order valence-corrected chi connectivity index (χ0v) is 15.1. The van der Waals surface area contributed by atoms with Crippen molar-refractivity contribution in [3.05, 3.63) is 90.1 Å². The molecule has 0 aliphatic rings. The van der Waals surface area contributed by atoms with Crippen LogP contribution in [-0.2, 0) is 6.42 Å². The first kappa shape index (κ1) is 16.9. The average molecular weight is 355 g/mol. The quantitative estimate of drug-likeness (QED) is 0.499. The monoisotopic (exact) mass is 355 g/mol. The second-order valence-corrected chi connectivity index (χ2v) is 6.39. The van der Waals surface area contributed by atoms with Crippen LogP contribution in [0.3, 0.4) is 0 Å². The van der Waals surface area contributed by atoms with Crippen LogP contribution < -0.4 is 10.5 Å². The van der Waals surface area contributed by atoms with E-state index in [9.17, 15) is 0 Å². The Balaban J connectivity index is 1.72. The fourth-order valence-corrected chi connectivity index (χ4v) is 3.32. The normalized spacial score (nSPS) is 10.7. The summed E-state index contributed by atoms with van der Waals surface area (Å²) >= 11 is 0. The number of para-hydroxylation sites is 1. The number of aromatic nitrogens is 2.